The minimum absolute atomic E-state index is 0.0460. The lowest BCUT2D eigenvalue weighted by molar-refractivity contribution is -0.141. The highest BCUT2D eigenvalue weighted by Gasteiger charge is 2.59. The van der Waals surface area contributed by atoms with E-state index < -0.39 is 47.8 Å². The predicted octanol–water partition coefficient (Wildman–Crippen LogP) is 3.12. The number of rotatable bonds is 6. The highest BCUT2D eigenvalue weighted by Crippen LogP contribution is 2.53. The van der Waals surface area contributed by atoms with E-state index in [-0.39, 0.29) is 57.9 Å². The quantitative estimate of drug-likeness (QED) is 0.287. The van der Waals surface area contributed by atoms with E-state index in [0.29, 0.717) is 43.7 Å². The number of nitrogens with zero attached hydrogens (tertiary/aromatic N) is 6. The number of halogens is 6. The van der Waals surface area contributed by atoms with E-state index in [1.165, 1.54) is 25.2 Å². The number of urea groups is 1. The van der Waals surface area contributed by atoms with E-state index in [9.17, 15) is 41.4 Å². The summed E-state index contributed by atoms with van der Waals surface area (Å²) in [4.78, 5) is 47.0. The first kappa shape index (κ1) is 33.2. The predicted molar refractivity (Wildman–Crippen MR) is 163 cm³/mol. The normalized spacial score (nSPS) is 25.8. The van der Waals surface area contributed by atoms with Crippen molar-refractivity contribution in [2.75, 3.05) is 31.5 Å². The van der Waals surface area contributed by atoms with Gasteiger partial charge in [-0.3, -0.25) is 14.3 Å². The number of aromatic nitrogens is 4. The largest absolute Gasteiger partial charge is 0.435 e. The highest BCUT2D eigenvalue weighted by atomic mass is 35.5. The lowest BCUT2D eigenvalue weighted by Gasteiger charge is -2.41. The monoisotopic (exact) mass is 711 g/mol. The molecule has 1 aromatic carbocycles. The number of amides is 4. The second-order valence-electron chi connectivity index (χ2n) is 12.8. The maximum absolute atomic E-state index is 13.8. The van der Waals surface area contributed by atoms with Crippen LogP contribution in [0.4, 0.5) is 32.4 Å². The van der Waals surface area contributed by atoms with Gasteiger partial charge in [-0.25, -0.2) is 18.6 Å². The summed E-state index contributed by atoms with van der Waals surface area (Å²) in [6, 6.07) is 1.63. The third-order valence-electron chi connectivity index (χ3n) is 9.53. The standard InChI is InChI=1S/C30H31ClF5N9O4/c1-42-21(18-13-44(23-7-29(23,32)33)41-24(18)30(34,35)36)9-38-25(42)26(47)39-14-2-5-17(19(31)6-14)27(48)45-15-3-4-16(45)12-43(11-15)28(49)40-20-8-37-10-22(20)46/h2,5-6,9,13,15-16,20,22-23,37,46H,3-4,7-8,10-12H2,1H3,(H,39,47)(H,40,49). The summed E-state index contributed by atoms with van der Waals surface area (Å²) in [5.41, 5.74) is -1.67. The number of hydrogen-bond donors (Lipinski definition) is 4. The fraction of sp³-hybridized carbons (Fsp3) is 0.500. The van der Waals surface area contributed by atoms with Gasteiger partial charge in [-0.05, 0) is 31.0 Å². The summed E-state index contributed by atoms with van der Waals surface area (Å²) < 4.78 is 70.2. The van der Waals surface area contributed by atoms with Gasteiger partial charge in [0.25, 0.3) is 17.7 Å². The van der Waals surface area contributed by atoms with Crippen molar-refractivity contribution < 1.29 is 41.4 Å². The molecule has 5 atom stereocenters. The molecule has 4 amide bonds. The van der Waals surface area contributed by atoms with Gasteiger partial charge in [0.05, 0.1) is 52.3 Å². The van der Waals surface area contributed by atoms with Crippen LogP contribution in [0.25, 0.3) is 11.3 Å². The van der Waals surface area contributed by atoms with E-state index in [2.05, 4.69) is 26.0 Å². The van der Waals surface area contributed by atoms with Gasteiger partial charge >= 0.3 is 12.2 Å². The molecule has 1 saturated carbocycles. The number of imidazole rings is 1. The van der Waals surface area contributed by atoms with Gasteiger partial charge in [0, 0.05) is 51.5 Å². The van der Waals surface area contributed by atoms with E-state index in [1.807, 2.05) is 0 Å². The Kier molecular flexibility index (Phi) is 8.10. The van der Waals surface area contributed by atoms with Crippen LogP contribution < -0.4 is 16.0 Å². The Hall–Kier alpha value is -4.29. The fourth-order valence-electron chi connectivity index (χ4n) is 6.86. The van der Waals surface area contributed by atoms with E-state index in [4.69, 9.17) is 11.6 Å². The summed E-state index contributed by atoms with van der Waals surface area (Å²) in [5, 5.41) is 21.9. The second kappa shape index (κ2) is 11.9. The van der Waals surface area contributed by atoms with Crippen LogP contribution in [0.2, 0.25) is 5.02 Å². The van der Waals surface area contributed by atoms with Crippen molar-refractivity contribution in [2.24, 2.45) is 7.05 Å². The summed E-state index contributed by atoms with van der Waals surface area (Å²) in [6.07, 6.45) is -2.95. The number of likely N-dealkylation sites (tertiary alicyclic amines) is 1. The van der Waals surface area contributed by atoms with Gasteiger partial charge < -0.3 is 35.4 Å². The molecule has 4 fully saturated rings. The van der Waals surface area contributed by atoms with Crippen molar-refractivity contribution in [3.8, 4) is 11.3 Å². The van der Waals surface area contributed by atoms with Gasteiger partial charge in [-0.1, -0.05) is 11.6 Å². The zero-order valence-electron chi connectivity index (χ0n) is 25.8. The molecule has 2 aromatic heterocycles. The van der Waals surface area contributed by atoms with Crippen LogP contribution in [-0.2, 0) is 13.2 Å². The van der Waals surface area contributed by atoms with Crippen molar-refractivity contribution in [1.29, 1.82) is 0 Å². The molecule has 3 saturated heterocycles. The van der Waals surface area contributed by atoms with Crippen LogP contribution in [0.3, 0.4) is 0 Å². The van der Waals surface area contributed by atoms with Crippen LogP contribution in [0.15, 0.2) is 30.6 Å². The van der Waals surface area contributed by atoms with Crippen LogP contribution in [0.1, 0.15) is 52.0 Å². The molecule has 5 heterocycles. The first-order valence-corrected chi connectivity index (χ1v) is 15.9. The Morgan fingerprint density at radius 1 is 1.12 bits per heavy atom. The van der Waals surface area contributed by atoms with Crippen molar-refractivity contribution >= 4 is 35.1 Å². The second-order valence-corrected chi connectivity index (χ2v) is 13.2. The number of fused-ring (bicyclic) bond motifs is 2. The number of alkyl halides is 5. The van der Waals surface area contributed by atoms with E-state index in [1.54, 1.807) is 9.80 Å². The molecule has 7 rings (SSSR count). The number of benzene rings is 1. The SMILES string of the molecule is Cn1c(-c2cn(C3CC3(F)F)nc2C(F)(F)F)cnc1C(=O)Nc1ccc(C(=O)N2C3CCC2CN(C(=O)NC2CNCC2O)C3)c(Cl)c1. The maximum Gasteiger partial charge on any atom is 0.435 e. The van der Waals surface area contributed by atoms with Crippen molar-refractivity contribution in [2.45, 2.75) is 61.6 Å². The highest BCUT2D eigenvalue weighted by molar-refractivity contribution is 6.34. The molecule has 5 unspecified atom stereocenters. The molecule has 262 valence electrons. The number of aliphatic hydroxyl groups is 1. The van der Waals surface area contributed by atoms with Gasteiger partial charge in [-0.2, -0.15) is 18.3 Å². The Labute approximate surface area is 280 Å². The number of β-amino-alcohol motifs (C(OH)–C–C–N with tert-alkyl or cyclic N) is 1. The summed E-state index contributed by atoms with van der Waals surface area (Å²) in [7, 11) is 1.31. The Balaban J connectivity index is 1.03. The molecule has 13 nitrogen and oxygen atoms in total. The smallest absolute Gasteiger partial charge is 0.390 e. The van der Waals surface area contributed by atoms with Crippen LogP contribution >= 0.6 is 11.6 Å². The summed E-state index contributed by atoms with van der Waals surface area (Å²) in [6.45, 7) is 1.51. The van der Waals surface area contributed by atoms with Gasteiger partial charge in [0.1, 0.15) is 6.04 Å². The Morgan fingerprint density at radius 3 is 2.41 bits per heavy atom. The molecule has 0 radical (unpaired) electrons. The minimum Gasteiger partial charge on any atom is -0.390 e. The van der Waals surface area contributed by atoms with Gasteiger partial charge in [0.15, 0.2) is 11.5 Å². The topological polar surface area (TPSA) is 150 Å². The van der Waals surface area contributed by atoms with Gasteiger partial charge in [0.2, 0.25) is 0 Å². The molecule has 0 spiro atoms. The van der Waals surface area contributed by atoms with Crippen molar-refractivity contribution in [3.63, 3.8) is 0 Å². The third kappa shape index (κ3) is 6.09. The van der Waals surface area contributed by atoms with Crippen molar-refractivity contribution in [1.82, 2.24) is 39.8 Å². The molecule has 3 aromatic rings. The number of piperazine rings is 1. The van der Waals surface area contributed by atoms with E-state index >= 15 is 0 Å². The first-order valence-electron chi connectivity index (χ1n) is 15.6. The van der Waals surface area contributed by atoms with Crippen LogP contribution in [-0.4, -0.2) is 108 Å². The zero-order valence-corrected chi connectivity index (χ0v) is 26.6. The number of aliphatic hydroxyl groups excluding tert-OH is 1. The molecular weight excluding hydrogens is 681 g/mol. The average Bonchev–Trinajstić information content (AvgIpc) is 3.51. The number of carbonyl (C=O) groups excluding carboxylic acids is 3. The number of hydrogen-bond acceptors (Lipinski definition) is 7. The molecule has 2 bridgehead atoms. The Bertz CT molecular complexity index is 1820. The van der Waals surface area contributed by atoms with E-state index in [0.717, 1.165) is 17.0 Å². The van der Waals surface area contributed by atoms with Gasteiger partial charge in [-0.15, -0.1) is 0 Å². The fourth-order valence-corrected chi connectivity index (χ4v) is 7.12. The maximum atomic E-state index is 13.8. The lowest BCUT2D eigenvalue weighted by Crippen LogP contribution is -2.60. The molecular formula is C30H31ClF5N9O4. The zero-order chi connectivity index (χ0) is 35.0. The number of anilines is 1. The summed E-state index contributed by atoms with van der Waals surface area (Å²) in [5.74, 6) is -4.56. The number of carbonyl (C=O) groups is 3. The molecule has 4 aliphatic rings. The number of nitrogens with one attached hydrogen (secondary N) is 3. The molecule has 49 heavy (non-hydrogen) atoms. The van der Waals surface area contributed by atoms with Crippen LogP contribution in [0, 0.1) is 0 Å². The molecule has 19 heteroatoms. The summed E-state index contributed by atoms with van der Waals surface area (Å²) >= 11 is 6.51. The first-order chi connectivity index (χ1) is 23.1. The van der Waals surface area contributed by atoms with Crippen molar-refractivity contribution in [3.05, 3.63) is 52.7 Å². The molecule has 4 N–H and O–H groups in total. The lowest BCUT2D eigenvalue weighted by atomic mass is 10.1. The minimum atomic E-state index is -4.95. The third-order valence-corrected chi connectivity index (χ3v) is 9.84. The average molecular weight is 712 g/mol. The van der Waals surface area contributed by atoms with Crippen LogP contribution in [0.5, 0.6) is 0 Å². The Morgan fingerprint density at radius 2 is 1.82 bits per heavy atom. The molecule has 1 aliphatic carbocycles. The molecule has 3 aliphatic heterocycles.